The zero-order valence-electron chi connectivity index (χ0n) is 11.4. The lowest BCUT2D eigenvalue weighted by atomic mass is 10.5. The van der Waals surface area contributed by atoms with E-state index in [1.54, 1.807) is 0 Å². The van der Waals surface area contributed by atoms with Crippen LogP contribution in [-0.4, -0.2) is 9.13 Å². The summed E-state index contributed by atoms with van der Waals surface area (Å²) >= 11 is 0. The monoisotopic (exact) mass is 161 g/mol. The van der Waals surface area contributed by atoms with E-state index in [0.717, 1.165) is 0 Å². The molecule has 0 amide bonds. The van der Waals surface area contributed by atoms with Crippen LogP contribution in [0.4, 0.5) is 5.82 Å². The molecule has 0 bridgehead atoms. The van der Waals surface area contributed by atoms with E-state index in [1.807, 2.05) is 0 Å². The van der Waals surface area contributed by atoms with Gasteiger partial charge in [-0.2, -0.15) is 0 Å². The van der Waals surface area contributed by atoms with Crippen LogP contribution in [0.15, 0.2) is 15.7 Å². The SMILES string of the molecule is [2H]C([2H])([2H])n1c(N)cc(=O)n(C([2H])([2H])[2H])c1=O. The number of nitrogens with zero attached hydrogens (tertiary/aromatic N) is 2. The zero-order chi connectivity index (χ0) is 13.6. The number of nitrogens with two attached hydrogens (primary N) is 1. The predicted octanol–water partition coefficient (Wildman–Crippen LogP) is -1.33. The van der Waals surface area contributed by atoms with E-state index in [-0.39, 0.29) is 9.13 Å². The molecule has 0 spiro atoms. The van der Waals surface area contributed by atoms with Crippen LogP contribution in [0.3, 0.4) is 0 Å². The van der Waals surface area contributed by atoms with Crippen molar-refractivity contribution in [3.05, 3.63) is 26.9 Å². The minimum Gasteiger partial charge on any atom is -0.385 e. The van der Waals surface area contributed by atoms with Gasteiger partial charge in [-0.15, -0.1) is 0 Å². The van der Waals surface area contributed by atoms with Gasteiger partial charge in [-0.1, -0.05) is 0 Å². The van der Waals surface area contributed by atoms with Crippen LogP contribution in [0.2, 0.25) is 0 Å². The first-order valence-corrected chi connectivity index (χ1v) is 2.62. The van der Waals surface area contributed by atoms with Crippen LogP contribution in [-0.2, 0) is 14.0 Å². The van der Waals surface area contributed by atoms with Gasteiger partial charge < -0.3 is 5.73 Å². The van der Waals surface area contributed by atoms with Gasteiger partial charge in [0.1, 0.15) is 5.82 Å². The molecular formula is C6H9N3O2. The highest BCUT2D eigenvalue weighted by atomic mass is 16.2. The topological polar surface area (TPSA) is 70.0 Å². The van der Waals surface area contributed by atoms with Crippen LogP contribution in [0.25, 0.3) is 0 Å². The van der Waals surface area contributed by atoms with Crippen molar-refractivity contribution in [2.75, 3.05) is 5.73 Å². The number of rotatable bonds is 0. The van der Waals surface area contributed by atoms with Crippen LogP contribution >= 0.6 is 0 Å². The Kier molecular flexibility index (Phi) is 0.585. The standard InChI is InChI=1S/C6H9N3O2/c1-8-4(7)3-5(10)9(2)6(8)11/h3H,7H2,1-2H3/i1D3,2D3. The van der Waals surface area contributed by atoms with Gasteiger partial charge in [0.15, 0.2) is 0 Å². The van der Waals surface area contributed by atoms with Crippen molar-refractivity contribution < 1.29 is 8.22 Å². The number of hydrogen-bond acceptors (Lipinski definition) is 3. The van der Waals surface area contributed by atoms with Crippen molar-refractivity contribution in [3.63, 3.8) is 0 Å². The Hall–Kier alpha value is -1.52. The first-order chi connectivity index (χ1) is 7.46. The number of aromatic nitrogens is 2. The van der Waals surface area contributed by atoms with Crippen LogP contribution in [0.1, 0.15) is 8.22 Å². The largest absolute Gasteiger partial charge is 0.385 e. The second kappa shape index (κ2) is 2.26. The predicted molar refractivity (Wildman–Crippen MR) is 41.3 cm³/mol. The number of anilines is 1. The van der Waals surface area contributed by atoms with Crippen molar-refractivity contribution in [2.24, 2.45) is 14.0 Å². The Labute approximate surface area is 71.1 Å². The van der Waals surface area contributed by atoms with Crippen LogP contribution in [0, 0.1) is 0 Å². The first kappa shape index (κ1) is 2.84. The molecule has 2 N–H and O–H groups in total. The highest BCUT2D eigenvalue weighted by Gasteiger charge is 2.00. The second-order valence-corrected chi connectivity index (χ2v) is 1.86. The molecule has 0 saturated carbocycles. The fourth-order valence-electron chi connectivity index (χ4n) is 0.560. The van der Waals surface area contributed by atoms with E-state index in [9.17, 15) is 9.59 Å². The molecular weight excluding hydrogens is 146 g/mol. The molecule has 0 unspecified atom stereocenters. The molecule has 0 atom stereocenters. The molecule has 0 aliphatic carbocycles. The van der Waals surface area contributed by atoms with E-state index in [2.05, 4.69) is 0 Å². The van der Waals surface area contributed by atoms with E-state index in [4.69, 9.17) is 14.0 Å². The summed E-state index contributed by atoms with van der Waals surface area (Å²) in [6.07, 6.45) is 0. The highest BCUT2D eigenvalue weighted by Crippen LogP contribution is 1.86. The normalized spacial score (nSPS) is 20.4. The van der Waals surface area contributed by atoms with Gasteiger partial charge in [-0.3, -0.25) is 13.9 Å². The summed E-state index contributed by atoms with van der Waals surface area (Å²) in [5.74, 6) is -0.611. The summed E-state index contributed by atoms with van der Waals surface area (Å²) < 4.78 is 42.0. The third-order valence-corrected chi connectivity index (χ3v) is 1.13. The summed E-state index contributed by atoms with van der Waals surface area (Å²) in [5.41, 5.74) is 2.56. The van der Waals surface area contributed by atoms with E-state index >= 15 is 0 Å². The highest BCUT2D eigenvalue weighted by molar-refractivity contribution is 5.25. The molecule has 60 valence electrons. The van der Waals surface area contributed by atoms with E-state index < -0.39 is 31.0 Å². The van der Waals surface area contributed by atoms with Crippen LogP contribution < -0.4 is 17.0 Å². The third kappa shape index (κ3) is 1.04. The lowest BCUT2D eigenvalue weighted by Crippen LogP contribution is -2.37. The molecule has 5 nitrogen and oxygen atoms in total. The van der Waals surface area contributed by atoms with E-state index in [0.29, 0.717) is 6.07 Å². The maximum atomic E-state index is 11.6. The lowest BCUT2D eigenvalue weighted by Gasteiger charge is -2.02. The van der Waals surface area contributed by atoms with Gasteiger partial charge >= 0.3 is 5.69 Å². The molecule has 0 aliphatic heterocycles. The molecule has 0 aromatic carbocycles. The van der Waals surface area contributed by atoms with Crippen molar-refractivity contribution in [2.45, 2.75) is 0 Å². The maximum absolute atomic E-state index is 11.6. The summed E-state index contributed by atoms with van der Waals surface area (Å²) in [6.45, 7) is -6.02. The van der Waals surface area contributed by atoms with Crippen LogP contribution in [0.5, 0.6) is 0 Å². The van der Waals surface area contributed by atoms with Gasteiger partial charge in [-0.25, -0.2) is 4.79 Å². The first-order valence-electron chi connectivity index (χ1n) is 5.62. The van der Waals surface area contributed by atoms with Gasteiger partial charge in [0.05, 0.1) is 0 Å². The smallest absolute Gasteiger partial charge is 0.332 e. The molecule has 0 saturated heterocycles. The number of hydrogen-bond donors (Lipinski definition) is 1. The third-order valence-electron chi connectivity index (χ3n) is 1.13. The Morgan fingerprint density at radius 1 is 1.45 bits per heavy atom. The molecule has 5 heteroatoms. The Morgan fingerprint density at radius 2 is 2.09 bits per heavy atom. The average Bonchev–Trinajstić information content (AvgIpc) is 1.94. The van der Waals surface area contributed by atoms with Crippen molar-refractivity contribution >= 4 is 5.82 Å². The van der Waals surface area contributed by atoms with E-state index in [1.165, 1.54) is 0 Å². The number of nitrogen functional groups attached to an aromatic ring is 1. The molecule has 0 radical (unpaired) electrons. The Bertz CT molecular complexity index is 551. The quantitative estimate of drug-likeness (QED) is 0.512. The minimum atomic E-state index is -3.06. The summed E-state index contributed by atoms with van der Waals surface area (Å²) in [6, 6.07) is 0.583. The molecule has 1 rings (SSSR count). The van der Waals surface area contributed by atoms with Gasteiger partial charge in [0, 0.05) is 28.2 Å². The second-order valence-electron chi connectivity index (χ2n) is 1.86. The van der Waals surface area contributed by atoms with Crippen molar-refractivity contribution in [3.8, 4) is 0 Å². The fraction of sp³-hybridized carbons (Fsp3) is 0.333. The Balaban J connectivity index is 3.81. The average molecular weight is 161 g/mol. The molecule has 11 heavy (non-hydrogen) atoms. The Morgan fingerprint density at radius 3 is 2.64 bits per heavy atom. The van der Waals surface area contributed by atoms with Gasteiger partial charge in [0.25, 0.3) is 5.56 Å². The summed E-state index contributed by atoms with van der Waals surface area (Å²) in [4.78, 5) is 22.9. The zero-order valence-corrected chi connectivity index (χ0v) is 5.37. The lowest BCUT2D eigenvalue weighted by molar-refractivity contribution is 0.694. The summed E-state index contributed by atoms with van der Waals surface area (Å²) in [7, 11) is 0. The fourth-order valence-corrected chi connectivity index (χ4v) is 0.560. The summed E-state index contributed by atoms with van der Waals surface area (Å²) in [5, 5.41) is 0. The molecule has 1 heterocycles. The van der Waals surface area contributed by atoms with Gasteiger partial charge in [0.2, 0.25) is 0 Å². The minimum absolute atomic E-state index is 0.0841. The molecule has 1 aromatic rings. The molecule has 0 aliphatic rings. The maximum Gasteiger partial charge on any atom is 0.332 e. The van der Waals surface area contributed by atoms with Crippen molar-refractivity contribution in [1.29, 1.82) is 0 Å². The van der Waals surface area contributed by atoms with Gasteiger partial charge in [-0.05, 0) is 0 Å². The molecule has 0 fully saturated rings. The van der Waals surface area contributed by atoms with Crippen molar-refractivity contribution in [1.82, 2.24) is 9.13 Å². The molecule has 1 aromatic heterocycles.